The van der Waals surface area contributed by atoms with E-state index in [1.54, 1.807) is 0 Å². The molecular formula is C29H46N2O9. The summed E-state index contributed by atoms with van der Waals surface area (Å²) in [5.41, 5.74) is 0. The lowest BCUT2D eigenvalue weighted by molar-refractivity contribution is -0.155. The zero-order valence-electron chi connectivity index (χ0n) is 24.1. The molecule has 0 fully saturated rings. The first-order valence-corrected chi connectivity index (χ1v) is 14.5. The topological polar surface area (TPSA) is 145 Å². The largest absolute Gasteiger partial charge is 0.463 e. The Kier molecular flexibility index (Phi) is 19.0. The molecule has 1 aliphatic heterocycles. The van der Waals surface area contributed by atoms with Gasteiger partial charge in [-0.2, -0.15) is 0 Å². The van der Waals surface area contributed by atoms with Gasteiger partial charge in [0.2, 0.25) is 5.91 Å². The number of Topliss-reactive ketones (excluding diaryl/α,β-unsaturated/α-hetero) is 1. The summed E-state index contributed by atoms with van der Waals surface area (Å²) in [4.78, 5) is 72.0. The van der Waals surface area contributed by atoms with Gasteiger partial charge in [0.25, 0.3) is 11.8 Å². The minimum absolute atomic E-state index is 0.0238. The maximum atomic E-state index is 12.1. The third-order valence-electron chi connectivity index (χ3n) is 6.20. The third-order valence-corrected chi connectivity index (χ3v) is 6.20. The Balaban J connectivity index is 2.25. The number of hydrogen-bond acceptors (Lipinski definition) is 9. The van der Waals surface area contributed by atoms with Crippen LogP contribution in [0.2, 0.25) is 0 Å². The molecule has 0 spiro atoms. The van der Waals surface area contributed by atoms with Gasteiger partial charge in [-0.1, -0.05) is 39.5 Å². The average Bonchev–Trinajstić information content (AvgIpc) is 3.25. The monoisotopic (exact) mass is 566 g/mol. The van der Waals surface area contributed by atoms with Crippen LogP contribution in [0, 0.1) is 0 Å². The van der Waals surface area contributed by atoms with E-state index >= 15 is 0 Å². The summed E-state index contributed by atoms with van der Waals surface area (Å²) in [6.07, 6.45) is 9.25. The summed E-state index contributed by atoms with van der Waals surface area (Å²) in [5.74, 6) is -1.72. The van der Waals surface area contributed by atoms with Gasteiger partial charge in [0.15, 0.2) is 0 Å². The molecule has 11 heteroatoms. The minimum Gasteiger partial charge on any atom is -0.463 e. The molecule has 226 valence electrons. The molecule has 0 aromatic heterocycles. The van der Waals surface area contributed by atoms with Gasteiger partial charge in [-0.25, -0.2) is 0 Å². The average molecular weight is 567 g/mol. The van der Waals surface area contributed by atoms with Crippen molar-refractivity contribution in [3.05, 3.63) is 12.2 Å². The second kappa shape index (κ2) is 21.7. The van der Waals surface area contributed by atoms with Crippen molar-refractivity contribution in [2.75, 3.05) is 32.9 Å². The molecule has 1 N–H and O–H groups in total. The fourth-order valence-electron chi connectivity index (χ4n) is 3.80. The van der Waals surface area contributed by atoms with Crippen molar-refractivity contribution in [3.8, 4) is 0 Å². The lowest BCUT2D eigenvalue weighted by Crippen LogP contribution is -2.32. The van der Waals surface area contributed by atoms with E-state index in [0.29, 0.717) is 32.2 Å². The van der Waals surface area contributed by atoms with Crippen LogP contribution in [0.4, 0.5) is 0 Å². The van der Waals surface area contributed by atoms with Crippen molar-refractivity contribution in [1.82, 2.24) is 10.2 Å². The summed E-state index contributed by atoms with van der Waals surface area (Å²) in [6, 6.07) is 0. The van der Waals surface area contributed by atoms with E-state index in [1.165, 1.54) is 12.2 Å². The van der Waals surface area contributed by atoms with Crippen LogP contribution >= 0.6 is 0 Å². The van der Waals surface area contributed by atoms with Gasteiger partial charge in [-0.15, -0.1) is 0 Å². The van der Waals surface area contributed by atoms with Crippen LogP contribution in [0.5, 0.6) is 0 Å². The molecule has 40 heavy (non-hydrogen) atoms. The Bertz CT molecular complexity index is 812. The summed E-state index contributed by atoms with van der Waals surface area (Å²) in [5, 5.41) is 2.75. The van der Waals surface area contributed by atoms with E-state index in [-0.39, 0.29) is 69.3 Å². The molecule has 0 saturated carbocycles. The maximum Gasteiger partial charge on any atom is 0.305 e. The quantitative estimate of drug-likeness (QED) is 0.106. The molecule has 1 aliphatic rings. The number of imide groups is 1. The fraction of sp³-hybridized carbons (Fsp3) is 0.724. The van der Waals surface area contributed by atoms with Gasteiger partial charge >= 0.3 is 11.9 Å². The number of unbranched alkanes of at least 4 members (excludes halogenated alkanes) is 4. The predicted molar refractivity (Wildman–Crippen MR) is 147 cm³/mol. The standard InChI is InChI=1S/C29H46N2O9/c1-3-5-7-13-28(36)39-21-24(22-40-29(37)14-8-6-4-2)38-20-10-12-25(33)30-18-9-11-23(32)17-19-31-26(34)15-16-27(31)35/h15-16,24H,3-14,17-22H2,1-2H3,(H,30,33). The molecule has 0 saturated heterocycles. The van der Waals surface area contributed by atoms with Crippen molar-refractivity contribution in [3.63, 3.8) is 0 Å². The van der Waals surface area contributed by atoms with Crippen LogP contribution in [-0.4, -0.2) is 79.4 Å². The first-order valence-electron chi connectivity index (χ1n) is 14.5. The molecule has 0 aliphatic carbocycles. The highest BCUT2D eigenvalue weighted by Crippen LogP contribution is 2.07. The Labute approximate surface area is 237 Å². The lowest BCUT2D eigenvalue weighted by atomic mass is 10.1. The normalized spacial score (nSPS) is 12.7. The molecule has 0 aromatic rings. The molecule has 0 radical (unpaired) electrons. The number of carbonyl (C=O) groups excluding carboxylic acids is 6. The molecule has 3 amide bonds. The number of hydrogen-bond donors (Lipinski definition) is 1. The summed E-state index contributed by atoms with van der Waals surface area (Å²) in [7, 11) is 0. The zero-order valence-corrected chi connectivity index (χ0v) is 24.1. The molecule has 11 nitrogen and oxygen atoms in total. The number of nitrogens with one attached hydrogen (secondary N) is 1. The van der Waals surface area contributed by atoms with Crippen LogP contribution in [0.25, 0.3) is 0 Å². The third kappa shape index (κ3) is 16.8. The van der Waals surface area contributed by atoms with Gasteiger partial charge in [-0.05, 0) is 25.7 Å². The van der Waals surface area contributed by atoms with Crippen molar-refractivity contribution < 1.29 is 43.0 Å². The Morgan fingerprint density at radius 2 is 1.32 bits per heavy atom. The Morgan fingerprint density at radius 1 is 0.750 bits per heavy atom. The minimum atomic E-state index is -0.610. The zero-order chi connectivity index (χ0) is 29.6. The van der Waals surface area contributed by atoms with Crippen LogP contribution in [0.15, 0.2) is 12.2 Å². The van der Waals surface area contributed by atoms with Crippen molar-refractivity contribution >= 4 is 35.4 Å². The van der Waals surface area contributed by atoms with E-state index in [9.17, 15) is 28.8 Å². The van der Waals surface area contributed by atoms with Crippen molar-refractivity contribution in [2.45, 2.75) is 103 Å². The van der Waals surface area contributed by atoms with Crippen LogP contribution in [0.1, 0.15) is 97.3 Å². The fourth-order valence-corrected chi connectivity index (χ4v) is 3.80. The summed E-state index contributed by atoms with van der Waals surface area (Å²) in [6.45, 7) is 4.67. The molecule has 0 aromatic carbocycles. The molecule has 0 atom stereocenters. The first kappa shape index (κ1) is 34.9. The summed E-state index contributed by atoms with van der Waals surface area (Å²) >= 11 is 0. The number of nitrogens with zero attached hydrogens (tertiary/aromatic N) is 1. The number of ether oxygens (including phenoxy) is 3. The van der Waals surface area contributed by atoms with Gasteiger partial charge < -0.3 is 19.5 Å². The SMILES string of the molecule is CCCCCC(=O)OCC(COC(=O)CCCCC)OCCCC(=O)NCCCC(=O)CCN1C(=O)C=CC1=O. The number of rotatable bonds is 24. The molecule has 0 bridgehead atoms. The van der Waals surface area contributed by atoms with Crippen molar-refractivity contribution in [1.29, 1.82) is 0 Å². The molecule has 0 unspecified atom stereocenters. The Morgan fingerprint density at radius 3 is 1.88 bits per heavy atom. The number of ketones is 1. The first-order chi connectivity index (χ1) is 19.3. The van der Waals surface area contributed by atoms with Gasteiger partial charge in [0, 0.05) is 64.0 Å². The highest BCUT2D eigenvalue weighted by atomic mass is 16.6. The smallest absolute Gasteiger partial charge is 0.305 e. The Hall–Kier alpha value is -3.08. The van der Waals surface area contributed by atoms with E-state index in [1.807, 2.05) is 0 Å². The van der Waals surface area contributed by atoms with Crippen LogP contribution in [-0.2, 0) is 43.0 Å². The van der Waals surface area contributed by atoms with Crippen molar-refractivity contribution in [2.24, 2.45) is 0 Å². The highest BCUT2D eigenvalue weighted by Gasteiger charge is 2.23. The van der Waals surface area contributed by atoms with E-state index in [4.69, 9.17) is 14.2 Å². The van der Waals surface area contributed by atoms with Crippen LogP contribution < -0.4 is 5.32 Å². The van der Waals surface area contributed by atoms with E-state index in [2.05, 4.69) is 19.2 Å². The predicted octanol–water partition coefficient (Wildman–Crippen LogP) is 3.18. The van der Waals surface area contributed by atoms with Gasteiger partial charge in [0.1, 0.15) is 25.1 Å². The summed E-state index contributed by atoms with van der Waals surface area (Å²) < 4.78 is 16.4. The molecule has 1 heterocycles. The number of amides is 3. The van der Waals surface area contributed by atoms with Crippen LogP contribution in [0.3, 0.4) is 0 Å². The highest BCUT2D eigenvalue weighted by molar-refractivity contribution is 6.13. The van der Waals surface area contributed by atoms with E-state index < -0.39 is 17.9 Å². The molecule has 1 rings (SSSR count). The number of carbonyl (C=O) groups is 6. The lowest BCUT2D eigenvalue weighted by Gasteiger charge is -2.18. The van der Waals surface area contributed by atoms with Gasteiger partial charge in [-0.3, -0.25) is 33.7 Å². The maximum absolute atomic E-state index is 12.1. The van der Waals surface area contributed by atoms with E-state index in [0.717, 1.165) is 43.4 Å². The number of esters is 2. The van der Waals surface area contributed by atoms with Gasteiger partial charge in [0.05, 0.1) is 0 Å². The second-order valence-corrected chi connectivity index (χ2v) is 9.78. The second-order valence-electron chi connectivity index (χ2n) is 9.78. The molecular weight excluding hydrogens is 520 g/mol.